The van der Waals surface area contributed by atoms with E-state index >= 15 is 0 Å². The van der Waals surface area contributed by atoms with Crippen LogP contribution in [0.4, 0.5) is 22.7 Å². The van der Waals surface area contributed by atoms with Crippen LogP contribution in [0.2, 0.25) is 0 Å². The number of esters is 1. The third-order valence-electron chi connectivity index (χ3n) is 4.40. The first-order valence-electron chi connectivity index (χ1n) is 9.29. The third-order valence-corrected chi connectivity index (χ3v) is 4.93. The Morgan fingerprint density at radius 3 is 2.36 bits per heavy atom. The molecule has 0 aliphatic carbocycles. The fraction of sp³-hybridized carbons (Fsp3) is 0.0476. The van der Waals surface area contributed by atoms with Gasteiger partial charge in [-0.05, 0) is 30.3 Å². The lowest BCUT2D eigenvalue weighted by Gasteiger charge is -2.11. The number of ether oxygens (including phenoxy) is 1. The summed E-state index contributed by atoms with van der Waals surface area (Å²) < 4.78 is 6.15. The number of nitro benzene ring substituents is 2. The Balaban J connectivity index is 1.89. The molecule has 0 radical (unpaired) electrons. The molecule has 0 unspecified atom stereocenters. The molecule has 0 fully saturated rings. The second-order valence-corrected chi connectivity index (χ2v) is 7.47. The van der Waals surface area contributed by atoms with Crippen molar-refractivity contribution in [1.82, 2.24) is 0 Å². The Morgan fingerprint density at radius 2 is 1.73 bits per heavy atom. The zero-order valence-electron chi connectivity index (χ0n) is 16.8. The lowest BCUT2D eigenvalue weighted by atomic mass is 10.1. The van der Waals surface area contributed by atoms with Gasteiger partial charge in [0.05, 0.1) is 21.5 Å². The van der Waals surface area contributed by atoms with Crippen molar-refractivity contribution < 1.29 is 19.4 Å². The van der Waals surface area contributed by atoms with E-state index in [1.54, 1.807) is 42.5 Å². The standard InChI is InChI=1S/C21H16BrN5O6/c22-14-7-5-13(6-8-14)19(12-33-21(28)16-3-1-2-4-17(16)23)25-24-18-10-9-15(26(29)30)11-20(18)27(31)32/h1-11,24H,12,23H2/b25-19-. The molecule has 0 heterocycles. The van der Waals surface area contributed by atoms with Crippen LogP contribution in [0.1, 0.15) is 15.9 Å². The number of hydrogen-bond acceptors (Lipinski definition) is 9. The summed E-state index contributed by atoms with van der Waals surface area (Å²) in [5.74, 6) is -0.667. The highest BCUT2D eigenvalue weighted by molar-refractivity contribution is 9.10. The summed E-state index contributed by atoms with van der Waals surface area (Å²) in [7, 11) is 0. The van der Waals surface area contributed by atoms with Crippen molar-refractivity contribution in [3.05, 3.63) is 103 Å². The van der Waals surface area contributed by atoms with Gasteiger partial charge in [0.15, 0.2) is 0 Å². The number of nitrogens with two attached hydrogens (primary N) is 1. The van der Waals surface area contributed by atoms with E-state index in [1.165, 1.54) is 12.1 Å². The largest absolute Gasteiger partial charge is 0.455 e. The molecule has 0 atom stereocenters. The van der Waals surface area contributed by atoms with E-state index < -0.39 is 27.2 Å². The van der Waals surface area contributed by atoms with Gasteiger partial charge in [0.25, 0.3) is 5.69 Å². The summed E-state index contributed by atoms with van der Waals surface area (Å²) in [4.78, 5) is 33.2. The Hall–Kier alpha value is -4.32. The number of carbonyl (C=O) groups is 1. The number of halogens is 1. The van der Waals surface area contributed by atoms with Gasteiger partial charge in [0.1, 0.15) is 18.0 Å². The average molecular weight is 514 g/mol. The Kier molecular flexibility index (Phi) is 7.31. The van der Waals surface area contributed by atoms with Crippen LogP contribution < -0.4 is 11.2 Å². The second kappa shape index (κ2) is 10.3. The maximum atomic E-state index is 12.4. The molecule has 12 heteroatoms. The topological polar surface area (TPSA) is 163 Å². The average Bonchev–Trinajstić information content (AvgIpc) is 2.79. The lowest BCUT2D eigenvalue weighted by molar-refractivity contribution is -0.393. The number of non-ortho nitro benzene ring substituents is 1. The molecule has 3 N–H and O–H groups in total. The first-order chi connectivity index (χ1) is 15.8. The first kappa shape index (κ1) is 23.3. The van der Waals surface area contributed by atoms with Crippen molar-refractivity contribution in [2.24, 2.45) is 5.10 Å². The number of nitrogens with zero attached hydrogens (tertiary/aromatic N) is 3. The molecule has 168 valence electrons. The van der Waals surface area contributed by atoms with Gasteiger partial charge < -0.3 is 10.5 Å². The van der Waals surface area contributed by atoms with E-state index in [0.29, 0.717) is 5.56 Å². The fourth-order valence-electron chi connectivity index (χ4n) is 2.72. The van der Waals surface area contributed by atoms with Gasteiger partial charge in [0, 0.05) is 21.8 Å². The smallest absolute Gasteiger partial charge is 0.340 e. The number of benzene rings is 3. The Labute approximate surface area is 195 Å². The summed E-state index contributed by atoms with van der Waals surface area (Å²) >= 11 is 3.33. The molecule has 0 saturated heterocycles. The van der Waals surface area contributed by atoms with Gasteiger partial charge in [-0.15, -0.1) is 0 Å². The van der Waals surface area contributed by atoms with Crippen LogP contribution in [0, 0.1) is 20.2 Å². The third kappa shape index (κ3) is 5.89. The monoisotopic (exact) mass is 513 g/mol. The number of para-hydroxylation sites is 1. The van der Waals surface area contributed by atoms with Gasteiger partial charge in [-0.1, -0.05) is 40.2 Å². The molecule has 0 saturated carbocycles. The molecule has 0 aliphatic rings. The Morgan fingerprint density at radius 1 is 1.03 bits per heavy atom. The number of nitrogens with one attached hydrogen (secondary N) is 1. The second-order valence-electron chi connectivity index (χ2n) is 6.56. The van der Waals surface area contributed by atoms with Crippen LogP contribution in [-0.2, 0) is 4.74 Å². The fourth-order valence-corrected chi connectivity index (χ4v) is 2.99. The predicted octanol–water partition coefficient (Wildman–Crippen LogP) is 4.52. The SMILES string of the molecule is Nc1ccccc1C(=O)OC/C(=N/Nc1ccc([N+](=O)[O-])cc1[N+](=O)[O-])c1ccc(Br)cc1. The van der Waals surface area contributed by atoms with Crippen LogP contribution >= 0.6 is 15.9 Å². The van der Waals surface area contributed by atoms with Gasteiger partial charge >= 0.3 is 11.7 Å². The minimum Gasteiger partial charge on any atom is -0.455 e. The molecular weight excluding hydrogens is 498 g/mol. The van der Waals surface area contributed by atoms with E-state index in [1.807, 2.05) is 0 Å². The summed E-state index contributed by atoms with van der Waals surface area (Å²) in [6.45, 7) is -0.275. The maximum absolute atomic E-state index is 12.4. The normalized spacial score (nSPS) is 11.0. The predicted molar refractivity (Wildman–Crippen MR) is 125 cm³/mol. The molecule has 0 bridgehead atoms. The highest BCUT2D eigenvalue weighted by Crippen LogP contribution is 2.29. The van der Waals surface area contributed by atoms with Gasteiger partial charge in [0.2, 0.25) is 0 Å². The molecule has 3 aromatic rings. The molecule has 0 aromatic heterocycles. The molecule has 0 amide bonds. The van der Waals surface area contributed by atoms with Gasteiger partial charge in [-0.25, -0.2) is 4.79 Å². The van der Waals surface area contributed by atoms with E-state index in [2.05, 4.69) is 26.5 Å². The highest BCUT2D eigenvalue weighted by atomic mass is 79.9. The number of carbonyl (C=O) groups excluding carboxylic acids is 1. The van der Waals surface area contributed by atoms with Crippen LogP contribution in [0.15, 0.2) is 76.3 Å². The molecule has 33 heavy (non-hydrogen) atoms. The number of nitrogen functional groups attached to an aromatic ring is 1. The van der Waals surface area contributed by atoms with E-state index in [0.717, 1.165) is 16.6 Å². The number of hydrazone groups is 1. The summed E-state index contributed by atoms with van der Waals surface area (Å²) in [5, 5.41) is 26.5. The quantitative estimate of drug-likeness (QED) is 0.146. The van der Waals surface area contributed by atoms with Crippen LogP contribution in [0.5, 0.6) is 0 Å². The van der Waals surface area contributed by atoms with Crippen molar-refractivity contribution in [2.75, 3.05) is 17.8 Å². The van der Waals surface area contributed by atoms with Crippen molar-refractivity contribution in [3.63, 3.8) is 0 Å². The minimum atomic E-state index is -0.762. The lowest BCUT2D eigenvalue weighted by Crippen LogP contribution is -2.17. The minimum absolute atomic E-state index is 0.0705. The maximum Gasteiger partial charge on any atom is 0.340 e. The van der Waals surface area contributed by atoms with E-state index in [9.17, 15) is 25.0 Å². The molecule has 3 rings (SSSR count). The highest BCUT2D eigenvalue weighted by Gasteiger charge is 2.20. The van der Waals surface area contributed by atoms with Gasteiger partial charge in [-0.2, -0.15) is 5.10 Å². The summed E-state index contributed by atoms with van der Waals surface area (Å²) in [5.41, 5.74) is 8.58. The Bertz CT molecular complexity index is 1250. The molecule has 11 nitrogen and oxygen atoms in total. The van der Waals surface area contributed by atoms with Crippen LogP contribution in [0.3, 0.4) is 0 Å². The van der Waals surface area contributed by atoms with Crippen molar-refractivity contribution in [2.45, 2.75) is 0 Å². The van der Waals surface area contributed by atoms with Crippen molar-refractivity contribution >= 4 is 50.4 Å². The zero-order chi connectivity index (χ0) is 24.0. The van der Waals surface area contributed by atoms with Crippen LogP contribution in [0.25, 0.3) is 0 Å². The molecular formula is C21H16BrN5O6. The van der Waals surface area contributed by atoms with Crippen LogP contribution in [-0.4, -0.2) is 28.1 Å². The van der Waals surface area contributed by atoms with Gasteiger partial charge in [-0.3, -0.25) is 25.7 Å². The molecule has 3 aromatic carbocycles. The molecule has 0 aliphatic heterocycles. The number of anilines is 2. The summed E-state index contributed by atoms with van der Waals surface area (Å²) in [6.07, 6.45) is 0. The van der Waals surface area contributed by atoms with Crippen molar-refractivity contribution in [1.29, 1.82) is 0 Å². The number of rotatable bonds is 8. The summed E-state index contributed by atoms with van der Waals surface area (Å²) in [6, 6.07) is 16.4. The van der Waals surface area contributed by atoms with Crippen molar-refractivity contribution in [3.8, 4) is 0 Å². The van der Waals surface area contributed by atoms with E-state index in [4.69, 9.17) is 10.5 Å². The number of hydrogen-bond donors (Lipinski definition) is 2. The number of nitro groups is 2. The first-order valence-corrected chi connectivity index (χ1v) is 10.1. The zero-order valence-corrected chi connectivity index (χ0v) is 18.4. The molecule has 0 spiro atoms. The van der Waals surface area contributed by atoms with E-state index in [-0.39, 0.29) is 29.3 Å².